The van der Waals surface area contributed by atoms with E-state index in [1.165, 1.54) is 0 Å². The summed E-state index contributed by atoms with van der Waals surface area (Å²) in [4.78, 5) is 0. The van der Waals surface area contributed by atoms with Gasteiger partial charge in [-0.25, -0.2) is 0 Å². The zero-order valence-electron chi connectivity index (χ0n) is 13.5. The fourth-order valence-electron chi connectivity index (χ4n) is 3.14. The van der Waals surface area contributed by atoms with E-state index in [9.17, 15) is 5.11 Å². The molecule has 2 atom stereocenters. The van der Waals surface area contributed by atoms with Crippen molar-refractivity contribution in [3.05, 3.63) is 101 Å². The zero-order chi connectivity index (χ0) is 17.2. The molecule has 0 saturated heterocycles. The van der Waals surface area contributed by atoms with Crippen molar-refractivity contribution in [2.45, 2.75) is 12.1 Å². The van der Waals surface area contributed by atoms with Gasteiger partial charge in [-0.05, 0) is 29.8 Å². The van der Waals surface area contributed by atoms with Crippen molar-refractivity contribution >= 4 is 23.0 Å². The number of hydrazone groups is 1. The lowest BCUT2D eigenvalue weighted by Gasteiger charge is -2.26. The van der Waals surface area contributed by atoms with Crippen LogP contribution in [0.4, 0.5) is 5.69 Å². The van der Waals surface area contributed by atoms with Gasteiger partial charge in [0.05, 0.1) is 11.4 Å². The molecule has 0 aromatic heterocycles. The Morgan fingerprint density at radius 1 is 0.800 bits per heavy atom. The Hall–Kier alpha value is -2.62. The molecule has 0 aliphatic carbocycles. The van der Waals surface area contributed by atoms with Gasteiger partial charge in [-0.2, -0.15) is 5.10 Å². The third-order valence-corrected chi connectivity index (χ3v) is 4.61. The minimum absolute atomic E-state index is 0.296. The van der Waals surface area contributed by atoms with Gasteiger partial charge in [0.15, 0.2) is 0 Å². The Labute approximate surface area is 151 Å². The van der Waals surface area contributed by atoms with Crippen LogP contribution in [-0.2, 0) is 0 Å². The smallest absolute Gasteiger partial charge is 0.125 e. The summed E-state index contributed by atoms with van der Waals surface area (Å²) >= 11 is 6.03. The van der Waals surface area contributed by atoms with Gasteiger partial charge in [-0.1, -0.05) is 72.3 Å². The number of nitrogens with zero attached hydrogens (tertiary/aromatic N) is 2. The molecule has 1 aliphatic rings. The number of benzene rings is 3. The first-order valence-corrected chi connectivity index (χ1v) is 8.53. The molecule has 3 nitrogen and oxygen atoms in total. The molecule has 3 aromatic carbocycles. The van der Waals surface area contributed by atoms with Crippen LogP contribution >= 0.6 is 11.6 Å². The summed E-state index contributed by atoms with van der Waals surface area (Å²) in [5.74, 6) is 0. The van der Waals surface area contributed by atoms with E-state index in [0.717, 1.165) is 16.8 Å². The second-order valence-electron chi connectivity index (χ2n) is 5.97. The summed E-state index contributed by atoms with van der Waals surface area (Å²) in [5.41, 5.74) is 3.50. The average Bonchev–Trinajstić information content (AvgIpc) is 3.01. The maximum absolute atomic E-state index is 11.1. The van der Waals surface area contributed by atoms with Crippen LogP contribution in [0.1, 0.15) is 17.2 Å². The Morgan fingerprint density at radius 3 is 2.04 bits per heavy atom. The van der Waals surface area contributed by atoms with Gasteiger partial charge in [-0.3, -0.25) is 5.01 Å². The normalized spacial score (nSPS) is 19.8. The van der Waals surface area contributed by atoms with Crippen LogP contribution in [0.5, 0.6) is 0 Å². The highest BCUT2D eigenvalue weighted by molar-refractivity contribution is 6.30. The van der Waals surface area contributed by atoms with E-state index in [0.29, 0.717) is 10.7 Å². The number of rotatable bonds is 3. The molecule has 124 valence electrons. The number of aliphatic hydroxyl groups excluding tert-OH is 1. The molecule has 1 aliphatic heterocycles. The van der Waals surface area contributed by atoms with E-state index in [1.54, 1.807) is 0 Å². The molecule has 1 N–H and O–H groups in total. The maximum Gasteiger partial charge on any atom is 0.125 e. The number of para-hydroxylation sites is 1. The standard InChI is InChI=1S/C21H17ClN2O/c22-17-13-11-16(12-14-17)20-21(25)19(15-7-3-1-4-8-15)23-24(20)18-9-5-2-6-10-18/h1-14,20-21,25H. The molecule has 0 radical (unpaired) electrons. The SMILES string of the molecule is OC1C(c2ccccc2)=NN(c2ccccc2)C1c1ccc(Cl)cc1. The van der Waals surface area contributed by atoms with Crippen molar-refractivity contribution in [1.82, 2.24) is 0 Å². The average molecular weight is 349 g/mol. The van der Waals surface area contributed by atoms with Crippen molar-refractivity contribution in [2.24, 2.45) is 5.10 Å². The van der Waals surface area contributed by atoms with Gasteiger partial charge in [0, 0.05) is 10.6 Å². The van der Waals surface area contributed by atoms with Crippen molar-refractivity contribution in [3.63, 3.8) is 0 Å². The topological polar surface area (TPSA) is 35.8 Å². The summed E-state index contributed by atoms with van der Waals surface area (Å²) in [5, 5.41) is 18.4. The molecule has 0 bridgehead atoms. The number of hydrogen-bond acceptors (Lipinski definition) is 3. The molecule has 4 heteroatoms. The maximum atomic E-state index is 11.1. The van der Waals surface area contributed by atoms with E-state index in [-0.39, 0.29) is 6.04 Å². The minimum atomic E-state index is -0.733. The van der Waals surface area contributed by atoms with E-state index >= 15 is 0 Å². The molecule has 2 unspecified atom stereocenters. The van der Waals surface area contributed by atoms with Gasteiger partial charge < -0.3 is 5.11 Å². The Kier molecular flexibility index (Phi) is 4.26. The third kappa shape index (κ3) is 3.04. The fraction of sp³-hybridized carbons (Fsp3) is 0.0952. The first-order valence-electron chi connectivity index (χ1n) is 8.16. The summed E-state index contributed by atoms with van der Waals surface area (Å²) in [7, 11) is 0. The van der Waals surface area contributed by atoms with E-state index in [1.807, 2.05) is 89.9 Å². The van der Waals surface area contributed by atoms with Crippen LogP contribution < -0.4 is 5.01 Å². The number of halogens is 1. The van der Waals surface area contributed by atoms with Gasteiger partial charge in [0.25, 0.3) is 0 Å². The van der Waals surface area contributed by atoms with Crippen LogP contribution in [-0.4, -0.2) is 16.9 Å². The van der Waals surface area contributed by atoms with Gasteiger partial charge in [0.1, 0.15) is 12.1 Å². The largest absolute Gasteiger partial charge is 0.384 e. The number of aliphatic hydroxyl groups is 1. The highest BCUT2D eigenvalue weighted by atomic mass is 35.5. The van der Waals surface area contributed by atoms with Gasteiger partial charge >= 0.3 is 0 Å². The molecular formula is C21H17ClN2O. The highest BCUT2D eigenvalue weighted by Crippen LogP contribution is 2.37. The Balaban J connectivity index is 1.80. The monoisotopic (exact) mass is 348 g/mol. The number of hydrogen-bond donors (Lipinski definition) is 1. The molecule has 4 rings (SSSR count). The summed E-state index contributed by atoms with van der Waals surface area (Å²) in [6.07, 6.45) is -0.733. The second kappa shape index (κ2) is 6.71. The molecule has 0 saturated carbocycles. The summed E-state index contributed by atoms with van der Waals surface area (Å²) in [6, 6.07) is 27.0. The van der Waals surface area contributed by atoms with Crippen LogP contribution in [0.15, 0.2) is 90.0 Å². The van der Waals surface area contributed by atoms with Gasteiger partial charge in [0.2, 0.25) is 0 Å². The second-order valence-corrected chi connectivity index (χ2v) is 6.41. The van der Waals surface area contributed by atoms with Crippen LogP contribution in [0.2, 0.25) is 5.02 Å². The predicted molar refractivity (Wildman–Crippen MR) is 102 cm³/mol. The zero-order valence-corrected chi connectivity index (χ0v) is 14.2. The Bertz CT molecular complexity index is 879. The first kappa shape index (κ1) is 15.9. The molecule has 0 fully saturated rings. The van der Waals surface area contributed by atoms with Crippen molar-refractivity contribution in [1.29, 1.82) is 0 Å². The van der Waals surface area contributed by atoms with Crippen molar-refractivity contribution in [3.8, 4) is 0 Å². The van der Waals surface area contributed by atoms with Crippen LogP contribution in [0.3, 0.4) is 0 Å². The lowest BCUT2D eigenvalue weighted by atomic mass is 9.95. The molecule has 0 amide bonds. The third-order valence-electron chi connectivity index (χ3n) is 4.36. The van der Waals surface area contributed by atoms with Crippen molar-refractivity contribution < 1.29 is 5.11 Å². The quantitative estimate of drug-likeness (QED) is 0.746. The minimum Gasteiger partial charge on any atom is -0.384 e. The van der Waals surface area contributed by atoms with Crippen LogP contribution in [0.25, 0.3) is 0 Å². The fourth-order valence-corrected chi connectivity index (χ4v) is 3.27. The van der Waals surface area contributed by atoms with Gasteiger partial charge in [-0.15, -0.1) is 0 Å². The van der Waals surface area contributed by atoms with Crippen molar-refractivity contribution in [2.75, 3.05) is 5.01 Å². The summed E-state index contributed by atoms with van der Waals surface area (Å²) < 4.78 is 0. The summed E-state index contributed by atoms with van der Waals surface area (Å²) in [6.45, 7) is 0. The van der Waals surface area contributed by atoms with E-state index in [4.69, 9.17) is 16.7 Å². The molecule has 1 heterocycles. The van der Waals surface area contributed by atoms with E-state index < -0.39 is 6.10 Å². The van der Waals surface area contributed by atoms with E-state index in [2.05, 4.69) is 0 Å². The molecule has 25 heavy (non-hydrogen) atoms. The molecule has 0 spiro atoms. The highest BCUT2D eigenvalue weighted by Gasteiger charge is 2.38. The first-order chi connectivity index (χ1) is 12.2. The predicted octanol–water partition coefficient (Wildman–Crippen LogP) is 4.67. The molecule has 3 aromatic rings. The molecular weight excluding hydrogens is 332 g/mol. The van der Waals surface area contributed by atoms with Crippen LogP contribution in [0, 0.1) is 0 Å². The lowest BCUT2D eigenvalue weighted by molar-refractivity contribution is 0.217. The lowest BCUT2D eigenvalue weighted by Crippen LogP contribution is -2.29. The number of anilines is 1. The Morgan fingerprint density at radius 2 is 1.40 bits per heavy atom.